The van der Waals surface area contributed by atoms with Crippen LogP contribution in [0.25, 0.3) is 0 Å². The zero-order valence-electron chi connectivity index (χ0n) is 13.0. The molecule has 0 saturated heterocycles. The summed E-state index contributed by atoms with van der Waals surface area (Å²) in [7, 11) is 0. The number of benzene rings is 3. The van der Waals surface area contributed by atoms with E-state index in [1.54, 1.807) is 48.5 Å². The molecule has 0 fully saturated rings. The lowest BCUT2D eigenvalue weighted by Crippen LogP contribution is -2.48. The van der Waals surface area contributed by atoms with Gasteiger partial charge in [-0.25, -0.2) is 0 Å². The van der Waals surface area contributed by atoms with E-state index in [1.807, 2.05) is 12.1 Å². The summed E-state index contributed by atoms with van der Waals surface area (Å²) in [6, 6.07) is 18.7. The van der Waals surface area contributed by atoms with E-state index < -0.39 is 16.6 Å². The first-order valence-electron chi connectivity index (χ1n) is 7.42. The molecular formula is C18H14N4O3. The lowest BCUT2D eigenvalue weighted by molar-refractivity contribution is 0.466. The lowest BCUT2D eigenvalue weighted by atomic mass is 10.3. The Morgan fingerprint density at radius 1 is 0.720 bits per heavy atom. The molecule has 3 aromatic rings. The number of phenolic OH excluding ortho intramolecular Hbond substituents is 1. The Morgan fingerprint density at radius 3 is 1.72 bits per heavy atom. The average molecular weight is 334 g/mol. The summed E-state index contributed by atoms with van der Waals surface area (Å²) in [5, 5.41) is 17.0. The summed E-state index contributed by atoms with van der Waals surface area (Å²) in [6.45, 7) is 0. The molecule has 0 radical (unpaired) electrons. The van der Waals surface area contributed by atoms with Crippen LogP contribution in [0.3, 0.4) is 0 Å². The molecular weight excluding hydrogens is 320 g/mol. The molecule has 0 aromatic heterocycles. The summed E-state index contributed by atoms with van der Waals surface area (Å²) in [6.07, 6.45) is 0. The third-order valence-corrected chi connectivity index (χ3v) is 3.32. The lowest BCUT2D eigenvalue weighted by Gasteiger charge is -1.99. The van der Waals surface area contributed by atoms with Gasteiger partial charge in [-0.05, 0) is 24.3 Å². The van der Waals surface area contributed by atoms with E-state index in [0.29, 0.717) is 11.4 Å². The number of nitrogens with one attached hydrogen (secondary N) is 2. The van der Waals surface area contributed by atoms with Gasteiger partial charge in [-0.1, -0.05) is 36.4 Å². The molecule has 0 aliphatic carbocycles. The van der Waals surface area contributed by atoms with Gasteiger partial charge >= 0.3 is 0 Å². The van der Waals surface area contributed by atoms with Crippen LogP contribution in [0.2, 0.25) is 0 Å². The highest BCUT2D eigenvalue weighted by Gasteiger charge is 2.07. The quantitative estimate of drug-likeness (QED) is 0.614. The van der Waals surface area contributed by atoms with Crippen molar-refractivity contribution in [3.63, 3.8) is 0 Å². The highest BCUT2D eigenvalue weighted by Crippen LogP contribution is 2.04. The number of rotatable bonds is 4. The van der Waals surface area contributed by atoms with Gasteiger partial charge in [0.25, 0.3) is 0 Å². The van der Waals surface area contributed by atoms with Crippen LogP contribution in [0.5, 0.6) is 5.75 Å². The summed E-state index contributed by atoms with van der Waals surface area (Å²) in [4.78, 5) is 24.4. The van der Waals surface area contributed by atoms with Crippen molar-refractivity contribution in [2.24, 2.45) is 10.2 Å². The standard InChI is InChI=1S/C18H14N4O3/c23-14-11-15(24)17(22-20-13-9-5-2-6-10-13)18(25)16(14)21-19-12-7-3-1-4-8-12/h1-11,19-20,23H/b21-16+,22-17+. The Morgan fingerprint density at radius 2 is 1.20 bits per heavy atom. The fourth-order valence-electron chi connectivity index (χ4n) is 2.08. The highest BCUT2D eigenvalue weighted by molar-refractivity contribution is 5.42. The molecule has 7 nitrogen and oxygen atoms in total. The van der Waals surface area contributed by atoms with Crippen molar-refractivity contribution in [2.45, 2.75) is 0 Å². The van der Waals surface area contributed by atoms with Crippen molar-refractivity contribution in [1.82, 2.24) is 0 Å². The summed E-state index contributed by atoms with van der Waals surface area (Å²) in [5.74, 6) is -0.503. The molecule has 0 aliphatic rings. The third-order valence-electron chi connectivity index (χ3n) is 3.32. The van der Waals surface area contributed by atoms with E-state index in [9.17, 15) is 14.7 Å². The minimum absolute atomic E-state index is 0.280. The number of nitrogens with zero attached hydrogens (tertiary/aromatic N) is 2. The largest absolute Gasteiger partial charge is 0.505 e. The zero-order valence-corrected chi connectivity index (χ0v) is 13.0. The fourth-order valence-corrected chi connectivity index (χ4v) is 2.08. The first kappa shape index (κ1) is 16.1. The molecule has 0 bridgehead atoms. The van der Waals surface area contributed by atoms with Gasteiger partial charge in [0.15, 0.2) is 16.5 Å². The predicted molar refractivity (Wildman–Crippen MR) is 94.3 cm³/mol. The van der Waals surface area contributed by atoms with Crippen LogP contribution in [0.4, 0.5) is 11.4 Å². The van der Waals surface area contributed by atoms with Crippen molar-refractivity contribution in [1.29, 1.82) is 0 Å². The molecule has 3 N–H and O–H groups in total. The molecule has 7 heteroatoms. The van der Waals surface area contributed by atoms with Gasteiger partial charge in [-0.3, -0.25) is 20.4 Å². The highest BCUT2D eigenvalue weighted by atomic mass is 16.3. The van der Waals surface area contributed by atoms with Gasteiger partial charge in [0, 0.05) is 6.07 Å². The van der Waals surface area contributed by atoms with Crippen LogP contribution < -0.4 is 32.4 Å². The summed E-state index contributed by atoms with van der Waals surface area (Å²) >= 11 is 0. The number of hydrogen-bond acceptors (Lipinski definition) is 7. The minimum atomic E-state index is -0.767. The molecule has 124 valence electrons. The monoisotopic (exact) mass is 334 g/mol. The van der Waals surface area contributed by atoms with Crippen molar-refractivity contribution in [2.75, 3.05) is 10.9 Å². The normalized spacial score (nSPS) is 12.2. The predicted octanol–water partition coefficient (Wildman–Crippen LogP) is 0.844. The van der Waals surface area contributed by atoms with Gasteiger partial charge in [0.2, 0.25) is 10.9 Å². The molecule has 3 rings (SSSR count). The van der Waals surface area contributed by atoms with E-state index in [2.05, 4.69) is 21.1 Å². The van der Waals surface area contributed by atoms with Crippen LogP contribution >= 0.6 is 0 Å². The summed E-state index contributed by atoms with van der Waals surface area (Å²) < 4.78 is 0. The third kappa shape index (κ3) is 3.78. The smallest absolute Gasteiger partial charge is 0.241 e. The van der Waals surface area contributed by atoms with Crippen LogP contribution in [-0.4, -0.2) is 5.11 Å². The van der Waals surface area contributed by atoms with Crippen LogP contribution in [-0.2, 0) is 0 Å². The van der Waals surface area contributed by atoms with Gasteiger partial charge < -0.3 is 5.11 Å². The Labute approximate surface area is 141 Å². The first-order valence-corrected chi connectivity index (χ1v) is 7.42. The fraction of sp³-hybridized carbons (Fsp3) is 0. The number of phenols is 1. The Balaban J connectivity index is 2.03. The van der Waals surface area contributed by atoms with E-state index in [4.69, 9.17) is 0 Å². The van der Waals surface area contributed by atoms with Crippen molar-refractivity contribution < 1.29 is 5.11 Å². The first-order chi connectivity index (χ1) is 12.1. The molecule has 25 heavy (non-hydrogen) atoms. The van der Waals surface area contributed by atoms with Crippen molar-refractivity contribution in [3.8, 4) is 5.75 Å². The summed E-state index contributed by atoms with van der Waals surface area (Å²) in [5.41, 5.74) is 5.10. The molecule has 0 spiro atoms. The molecule has 0 heterocycles. The minimum Gasteiger partial charge on any atom is -0.505 e. The second-order valence-corrected chi connectivity index (χ2v) is 5.10. The molecule has 3 aromatic carbocycles. The maximum Gasteiger partial charge on any atom is 0.241 e. The second kappa shape index (κ2) is 7.22. The Hall–Kier alpha value is -3.74. The van der Waals surface area contributed by atoms with E-state index in [-0.39, 0.29) is 10.7 Å². The number of anilines is 2. The number of para-hydroxylation sites is 2. The maximum atomic E-state index is 12.4. The van der Waals surface area contributed by atoms with Crippen molar-refractivity contribution >= 4 is 11.4 Å². The topological polar surface area (TPSA) is 103 Å². The Kier molecular flexibility index (Phi) is 4.66. The van der Waals surface area contributed by atoms with Crippen molar-refractivity contribution in [3.05, 3.63) is 97.9 Å². The maximum absolute atomic E-state index is 12.4. The van der Waals surface area contributed by atoms with E-state index in [0.717, 1.165) is 6.07 Å². The molecule has 0 amide bonds. The average Bonchev–Trinajstić information content (AvgIpc) is 2.63. The SMILES string of the molecule is O=c1cc(O)/c(=N\Nc2ccccc2)c(=O)/c1=N/Nc1ccccc1. The van der Waals surface area contributed by atoms with Gasteiger partial charge in [0.1, 0.15) is 0 Å². The second-order valence-electron chi connectivity index (χ2n) is 5.10. The Bertz CT molecular complexity index is 1090. The zero-order chi connectivity index (χ0) is 17.6. The van der Waals surface area contributed by atoms with Crippen LogP contribution in [0.1, 0.15) is 0 Å². The molecule has 0 atom stereocenters. The van der Waals surface area contributed by atoms with Gasteiger partial charge in [-0.2, -0.15) is 10.2 Å². The van der Waals surface area contributed by atoms with Crippen LogP contribution in [0, 0.1) is 0 Å². The molecule has 0 unspecified atom stereocenters. The van der Waals surface area contributed by atoms with E-state index >= 15 is 0 Å². The number of aromatic hydroxyl groups is 1. The molecule has 0 aliphatic heterocycles. The molecule has 0 saturated carbocycles. The van der Waals surface area contributed by atoms with Gasteiger partial charge in [-0.15, -0.1) is 0 Å². The number of hydrogen-bond donors (Lipinski definition) is 3. The van der Waals surface area contributed by atoms with Crippen LogP contribution in [0.15, 0.2) is 86.5 Å². The van der Waals surface area contributed by atoms with E-state index in [1.165, 1.54) is 0 Å². The van der Waals surface area contributed by atoms with Gasteiger partial charge in [0.05, 0.1) is 11.4 Å².